The smallest absolute Gasteiger partial charge is 0.253 e. The number of aromatic nitrogens is 1. The Morgan fingerprint density at radius 2 is 2.12 bits per heavy atom. The van der Waals surface area contributed by atoms with E-state index in [1.165, 1.54) is 12.3 Å². The second kappa shape index (κ2) is 6.85. The first-order valence-corrected chi connectivity index (χ1v) is 5.83. The molecule has 0 atom stereocenters. The van der Waals surface area contributed by atoms with Gasteiger partial charge < -0.3 is 15.6 Å². The van der Waals surface area contributed by atoms with Crippen molar-refractivity contribution in [3.8, 4) is 0 Å². The third-order valence-electron chi connectivity index (χ3n) is 2.39. The van der Waals surface area contributed by atoms with Gasteiger partial charge in [0.2, 0.25) is 5.56 Å². The topological polar surface area (TPSA) is 74.0 Å². The van der Waals surface area contributed by atoms with Crippen LogP contribution in [0.5, 0.6) is 0 Å². The Bertz CT molecular complexity index is 426. The summed E-state index contributed by atoms with van der Waals surface area (Å²) < 4.78 is 0. The van der Waals surface area contributed by atoms with Gasteiger partial charge >= 0.3 is 0 Å². The van der Waals surface area contributed by atoms with Crippen LogP contribution in [0.15, 0.2) is 17.1 Å². The van der Waals surface area contributed by atoms with Crippen molar-refractivity contribution in [2.45, 2.75) is 20.3 Å². The molecule has 0 aliphatic carbocycles. The zero-order valence-corrected chi connectivity index (χ0v) is 10.3. The molecule has 0 spiro atoms. The molecule has 0 bridgehead atoms. The quantitative estimate of drug-likeness (QED) is 0.627. The number of aryl methyl sites for hydroxylation is 1. The molecule has 3 N–H and O–H groups in total. The van der Waals surface area contributed by atoms with Gasteiger partial charge in [-0.05, 0) is 25.5 Å². The van der Waals surface area contributed by atoms with Gasteiger partial charge in [0.05, 0.1) is 5.56 Å². The fourth-order valence-electron chi connectivity index (χ4n) is 1.48. The van der Waals surface area contributed by atoms with Crippen molar-refractivity contribution in [3.63, 3.8) is 0 Å². The van der Waals surface area contributed by atoms with Crippen LogP contribution in [0.3, 0.4) is 0 Å². The molecule has 5 heteroatoms. The van der Waals surface area contributed by atoms with Crippen molar-refractivity contribution in [1.29, 1.82) is 0 Å². The van der Waals surface area contributed by atoms with Crippen LogP contribution in [0.1, 0.15) is 29.3 Å². The van der Waals surface area contributed by atoms with Crippen LogP contribution in [0.4, 0.5) is 0 Å². The lowest BCUT2D eigenvalue weighted by Gasteiger charge is -2.07. The number of carbonyl (C=O) groups is 1. The molecule has 94 valence electrons. The highest BCUT2D eigenvalue weighted by molar-refractivity contribution is 5.95. The van der Waals surface area contributed by atoms with Gasteiger partial charge in [-0.25, -0.2) is 0 Å². The maximum atomic E-state index is 11.7. The number of pyridine rings is 1. The summed E-state index contributed by atoms with van der Waals surface area (Å²) in [5.41, 5.74) is 1.01. The van der Waals surface area contributed by atoms with E-state index in [1.54, 1.807) is 6.92 Å². The largest absolute Gasteiger partial charge is 0.351 e. The molecule has 0 aliphatic rings. The number of hydrogen-bond acceptors (Lipinski definition) is 3. The third-order valence-corrected chi connectivity index (χ3v) is 2.39. The minimum atomic E-state index is -0.191. The van der Waals surface area contributed by atoms with Crippen molar-refractivity contribution in [1.82, 2.24) is 15.6 Å². The van der Waals surface area contributed by atoms with E-state index in [9.17, 15) is 9.59 Å². The van der Waals surface area contributed by atoms with Crippen molar-refractivity contribution in [3.05, 3.63) is 33.7 Å². The molecule has 0 fully saturated rings. The number of aromatic amines is 1. The molecule has 17 heavy (non-hydrogen) atoms. The Hall–Kier alpha value is -1.62. The van der Waals surface area contributed by atoms with Gasteiger partial charge in [0.25, 0.3) is 5.91 Å². The first-order valence-electron chi connectivity index (χ1n) is 5.83. The molecule has 1 aromatic rings. The molecule has 0 radical (unpaired) electrons. The molecule has 1 rings (SSSR count). The van der Waals surface area contributed by atoms with Gasteiger partial charge in [0.15, 0.2) is 0 Å². The molecule has 5 nitrogen and oxygen atoms in total. The molecule has 1 amide bonds. The van der Waals surface area contributed by atoms with Gasteiger partial charge in [0, 0.05) is 25.4 Å². The van der Waals surface area contributed by atoms with Crippen LogP contribution >= 0.6 is 0 Å². The molecule has 1 aromatic heterocycles. The van der Waals surface area contributed by atoms with E-state index in [0.29, 0.717) is 17.7 Å². The van der Waals surface area contributed by atoms with Crippen LogP contribution in [0, 0.1) is 6.92 Å². The Morgan fingerprint density at radius 3 is 2.76 bits per heavy atom. The standard InChI is InChI=1S/C12H19N3O2/c1-3-4-13-5-6-14-12(17)10-8-15-11(16)7-9(10)2/h7-8,13H,3-6H2,1-2H3,(H,14,17)(H,15,16). The molecular weight excluding hydrogens is 218 g/mol. The lowest BCUT2D eigenvalue weighted by molar-refractivity contribution is 0.0953. The Balaban J connectivity index is 2.44. The lowest BCUT2D eigenvalue weighted by atomic mass is 10.1. The second-order valence-corrected chi connectivity index (χ2v) is 3.90. The first kappa shape index (κ1) is 13.4. The SMILES string of the molecule is CCCNCCNC(=O)c1c[nH]c(=O)cc1C. The zero-order valence-electron chi connectivity index (χ0n) is 10.3. The summed E-state index contributed by atoms with van der Waals surface area (Å²) in [6.07, 6.45) is 2.53. The molecule has 0 aromatic carbocycles. The summed E-state index contributed by atoms with van der Waals surface area (Å²) >= 11 is 0. The second-order valence-electron chi connectivity index (χ2n) is 3.90. The van der Waals surface area contributed by atoms with E-state index in [0.717, 1.165) is 19.5 Å². The van der Waals surface area contributed by atoms with Gasteiger partial charge in [-0.3, -0.25) is 9.59 Å². The molecule has 0 saturated heterocycles. The fraction of sp³-hybridized carbons (Fsp3) is 0.500. The molecule has 0 saturated carbocycles. The normalized spacial score (nSPS) is 10.2. The Kier molecular flexibility index (Phi) is 5.42. The van der Waals surface area contributed by atoms with Crippen molar-refractivity contribution < 1.29 is 4.79 Å². The number of carbonyl (C=O) groups excluding carboxylic acids is 1. The monoisotopic (exact) mass is 237 g/mol. The van der Waals surface area contributed by atoms with Crippen molar-refractivity contribution in [2.75, 3.05) is 19.6 Å². The van der Waals surface area contributed by atoms with Gasteiger partial charge in [-0.2, -0.15) is 0 Å². The third kappa shape index (κ3) is 4.40. The highest BCUT2D eigenvalue weighted by Gasteiger charge is 2.08. The minimum absolute atomic E-state index is 0.156. The maximum absolute atomic E-state index is 11.7. The number of hydrogen-bond donors (Lipinski definition) is 3. The van der Waals surface area contributed by atoms with Gasteiger partial charge in [-0.1, -0.05) is 6.92 Å². The zero-order chi connectivity index (χ0) is 12.7. The van der Waals surface area contributed by atoms with Crippen molar-refractivity contribution >= 4 is 5.91 Å². The van der Waals surface area contributed by atoms with Crippen LogP contribution in [-0.2, 0) is 0 Å². The number of amides is 1. The summed E-state index contributed by atoms with van der Waals surface area (Å²) in [5, 5.41) is 5.99. The van der Waals surface area contributed by atoms with Gasteiger partial charge in [0.1, 0.15) is 0 Å². The number of nitrogens with one attached hydrogen (secondary N) is 3. The average molecular weight is 237 g/mol. The average Bonchev–Trinajstić information content (AvgIpc) is 2.28. The Morgan fingerprint density at radius 1 is 1.35 bits per heavy atom. The van der Waals surface area contributed by atoms with Crippen LogP contribution in [0.2, 0.25) is 0 Å². The summed E-state index contributed by atoms with van der Waals surface area (Å²) in [5.74, 6) is -0.156. The summed E-state index contributed by atoms with van der Waals surface area (Å²) in [6, 6.07) is 1.42. The number of H-pyrrole nitrogens is 1. The molecule has 0 unspecified atom stereocenters. The van der Waals surface area contributed by atoms with E-state index in [4.69, 9.17) is 0 Å². The highest BCUT2D eigenvalue weighted by atomic mass is 16.1. The fourth-order valence-corrected chi connectivity index (χ4v) is 1.48. The highest BCUT2D eigenvalue weighted by Crippen LogP contribution is 2.01. The van der Waals surface area contributed by atoms with Crippen LogP contribution < -0.4 is 16.2 Å². The summed E-state index contributed by atoms with van der Waals surface area (Å²) in [7, 11) is 0. The van der Waals surface area contributed by atoms with E-state index in [-0.39, 0.29) is 11.5 Å². The van der Waals surface area contributed by atoms with E-state index >= 15 is 0 Å². The summed E-state index contributed by atoms with van der Waals surface area (Å²) in [4.78, 5) is 25.2. The van der Waals surface area contributed by atoms with Crippen LogP contribution in [-0.4, -0.2) is 30.5 Å². The van der Waals surface area contributed by atoms with Gasteiger partial charge in [-0.15, -0.1) is 0 Å². The van der Waals surface area contributed by atoms with E-state index < -0.39 is 0 Å². The predicted octanol–water partition coefficient (Wildman–Crippen LogP) is 0.413. The van der Waals surface area contributed by atoms with Crippen LogP contribution in [0.25, 0.3) is 0 Å². The van der Waals surface area contributed by atoms with E-state index in [2.05, 4.69) is 22.5 Å². The number of rotatable bonds is 6. The maximum Gasteiger partial charge on any atom is 0.253 e. The van der Waals surface area contributed by atoms with E-state index in [1.807, 2.05) is 0 Å². The Labute approximate surface area is 101 Å². The molecule has 1 heterocycles. The lowest BCUT2D eigenvalue weighted by Crippen LogP contribution is -2.32. The van der Waals surface area contributed by atoms with Crippen molar-refractivity contribution in [2.24, 2.45) is 0 Å². The predicted molar refractivity (Wildman–Crippen MR) is 67.3 cm³/mol. The molecule has 0 aliphatic heterocycles. The molecular formula is C12H19N3O2. The minimum Gasteiger partial charge on any atom is -0.351 e. The first-order chi connectivity index (χ1) is 8.15. The summed E-state index contributed by atoms with van der Waals surface area (Å²) in [6.45, 7) is 6.13.